The third kappa shape index (κ3) is 4.80. The number of benzene rings is 1. The number of para-hydroxylation sites is 2. The fourth-order valence-corrected chi connectivity index (χ4v) is 8.08. The highest BCUT2D eigenvalue weighted by molar-refractivity contribution is 5.97. The standard InChI is InChI=1S/C29H38N4O4/c1-18(31-37-17-27(34)35)28-29(36)33(26-9-5-4-8-25(26)30-28)24-15-21-10-11-22(16-24)32(21)23-13-19-6-2-3-7-20(12-19)14-23/h4-5,8-9,19-24H,2-3,6-7,10-17H2,1H3,(H,34,35)/t19-,20+,21-,22+,23?,24?. The average Bonchev–Trinajstić information content (AvgIpc) is 3.03. The first-order valence-corrected chi connectivity index (χ1v) is 14.2. The van der Waals surface area contributed by atoms with Gasteiger partial charge in [-0.1, -0.05) is 43.0 Å². The van der Waals surface area contributed by atoms with Crippen molar-refractivity contribution in [1.29, 1.82) is 0 Å². The van der Waals surface area contributed by atoms with Gasteiger partial charge < -0.3 is 14.5 Å². The van der Waals surface area contributed by atoms with Gasteiger partial charge >= 0.3 is 5.97 Å². The van der Waals surface area contributed by atoms with Crippen LogP contribution in [0.3, 0.4) is 0 Å². The van der Waals surface area contributed by atoms with Crippen molar-refractivity contribution >= 4 is 22.7 Å². The van der Waals surface area contributed by atoms with Gasteiger partial charge in [0.15, 0.2) is 5.69 Å². The summed E-state index contributed by atoms with van der Waals surface area (Å²) >= 11 is 0. The Hall–Kier alpha value is -2.74. The molecule has 2 saturated carbocycles. The number of rotatable bonds is 6. The van der Waals surface area contributed by atoms with Gasteiger partial charge in [-0.2, -0.15) is 0 Å². The number of oxime groups is 1. The Bertz CT molecular complexity index is 1230. The van der Waals surface area contributed by atoms with Gasteiger partial charge in [0.25, 0.3) is 5.56 Å². The Labute approximate surface area is 217 Å². The molecule has 4 fully saturated rings. The summed E-state index contributed by atoms with van der Waals surface area (Å²) < 4.78 is 1.96. The molecule has 2 aliphatic carbocycles. The van der Waals surface area contributed by atoms with Crippen molar-refractivity contribution in [2.24, 2.45) is 17.0 Å². The molecule has 2 unspecified atom stereocenters. The van der Waals surface area contributed by atoms with Crippen molar-refractivity contribution in [2.75, 3.05) is 6.61 Å². The largest absolute Gasteiger partial charge is 0.479 e. The molecule has 6 atom stereocenters. The van der Waals surface area contributed by atoms with Crippen LogP contribution in [-0.4, -0.2) is 56.0 Å². The predicted molar refractivity (Wildman–Crippen MR) is 142 cm³/mol. The fraction of sp³-hybridized carbons (Fsp3) is 0.655. The zero-order chi connectivity index (χ0) is 25.5. The van der Waals surface area contributed by atoms with Gasteiger partial charge in [0.1, 0.15) is 5.71 Å². The molecular weight excluding hydrogens is 468 g/mol. The Morgan fingerprint density at radius 1 is 0.973 bits per heavy atom. The molecule has 0 radical (unpaired) electrons. The third-order valence-electron chi connectivity index (χ3n) is 9.43. The molecule has 4 aliphatic rings. The van der Waals surface area contributed by atoms with Crippen molar-refractivity contribution < 1.29 is 14.7 Å². The number of piperidine rings is 1. The van der Waals surface area contributed by atoms with Crippen molar-refractivity contribution in [2.45, 2.75) is 102 Å². The summed E-state index contributed by atoms with van der Waals surface area (Å²) in [7, 11) is 0. The molecule has 8 nitrogen and oxygen atoms in total. The van der Waals surface area contributed by atoms with Crippen LogP contribution in [0.2, 0.25) is 0 Å². The van der Waals surface area contributed by atoms with Crippen molar-refractivity contribution in [3.8, 4) is 0 Å². The molecule has 4 bridgehead atoms. The SMILES string of the molecule is CC(=NOCC(=O)O)c1nc2ccccc2n(C2C[C@H]3CC[C@@H](C2)N3C2C[C@H]3CCCC[C@@H](C2)C3)c1=O. The fourth-order valence-electron chi connectivity index (χ4n) is 8.08. The van der Waals surface area contributed by atoms with Crippen LogP contribution in [-0.2, 0) is 9.63 Å². The van der Waals surface area contributed by atoms with Gasteiger partial charge in [0.2, 0.25) is 6.61 Å². The molecule has 37 heavy (non-hydrogen) atoms. The van der Waals surface area contributed by atoms with Crippen molar-refractivity contribution in [3.05, 3.63) is 40.3 Å². The molecule has 8 heteroatoms. The number of carbonyl (C=O) groups is 1. The Kier molecular flexibility index (Phi) is 6.78. The quantitative estimate of drug-likeness (QED) is 0.449. The van der Waals surface area contributed by atoms with E-state index in [0.29, 0.717) is 23.8 Å². The van der Waals surface area contributed by atoms with Crippen LogP contribution in [0.5, 0.6) is 0 Å². The molecule has 2 aliphatic heterocycles. The number of carboxylic acids is 1. The highest BCUT2D eigenvalue weighted by Gasteiger charge is 2.47. The Balaban J connectivity index is 1.29. The highest BCUT2D eigenvalue weighted by atomic mass is 16.6. The van der Waals surface area contributed by atoms with E-state index in [4.69, 9.17) is 9.94 Å². The molecule has 0 amide bonds. The smallest absolute Gasteiger partial charge is 0.344 e. The van der Waals surface area contributed by atoms with Gasteiger partial charge in [-0.25, -0.2) is 9.78 Å². The third-order valence-corrected chi connectivity index (χ3v) is 9.43. The van der Waals surface area contributed by atoms with Crippen LogP contribution in [0.4, 0.5) is 0 Å². The van der Waals surface area contributed by atoms with Crippen LogP contribution in [0.1, 0.15) is 89.3 Å². The summed E-state index contributed by atoms with van der Waals surface area (Å²) in [6.45, 7) is 1.10. The van der Waals surface area contributed by atoms with E-state index in [9.17, 15) is 9.59 Å². The topological polar surface area (TPSA) is 97.0 Å². The number of nitrogens with zero attached hydrogens (tertiary/aromatic N) is 4. The van der Waals surface area contributed by atoms with Gasteiger partial charge in [0, 0.05) is 24.2 Å². The van der Waals surface area contributed by atoms with Gasteiger partial charge in [-0.15, -0.1) is 0 Å². The summed E-state index contributed by atoms with van der Waals surface area (Å²) in [5.41, 5.74) is 1.97. The predicted octanol–water partition coefficient (Wildman–Crippen LogP) is 4.75. The Morgan fingerprint density at radius 3 is 2.32 bits per heavy atom. The molecule has 1 N–H and O–H groups in total. The minimum Gasteiger partial charge on any atom is -0.479 e. The normalized spacial score (nSPS) is 32.3. The number of aliphatic carboxylic acids is 1. The molecule has 6 rings (SSSR count). The second-order valence-corrected chi connectivity index (χ2v) is 11.8. The first-order chi connectivity index (χ1) is 18.0. The number of fused-ring (bicyclic) bond motifs is 5. The van der Waals surface area contributed by atoms with E-state index in [1.807, 2.05) is 28.8 Å². The minimum atomic E-state index is -1.11. The van der Waals surface area contributed by atoms with E-state index in [2.05, 4.69) is 15.0 Å². The second-order valence-electron chi connectivity index (χ2n) is 11.8. The number of hydrogen-bond donors (Lipinski definition) is 1. The lowest BCUT2D eigenvalue weighted by atomic mass is 9.76. The molecule has 1 aromatic heterocycles. The molecule has 198 valence electrons. The van der Waals surface area contributed by atoms with Crippen LogP contribution in [0.15, 0.2) is 34.2 Å². The van der Waals surface area contributed by atoms with E-state index in [-0.39, 0.29) is 17.3 Å². The summed E-state index contributed by atoms with van der Waals surface area (Å²) in [5.74, 6) is 0.700. The van der Waals surface area contributed by atoms with Gasteiger partial charge in [-0.3, -0.25) is 9.69 Å². The lowest BCUT2D eigenvalue weighted by Gasteiger charge is -2.48. The average molecular weight is 507 g/mol. The zero-order valence-electron chi connectivity index (χ0n) is 21.7. The highest BCUT2D eigenvalue weighted by Crippen LogP contribution is 2.47. The maximum absolute atomic E-state index is 13.8. The first kappa shape index (κ1) is 24.6. The number of hydrogen-bond acceptors (Lipinski definition) is 6. The van der Waals surface area contributed by atoms with Gasteiger partial charge in [0.05, 0.1) is 11.0 Å². The minimum absolute atomic E-state index is 0.117. The second kappa shape index (κ2) is 10.2. The van der Waals surface area contributed by atoms with Crippen LogP contribution >= 0.6 is 0 Å². The van der Waals surface area contributed by atoms with E-state index < -0.39 is 12.6 Å². The van der Waals surface area contributed by atoms with Crippen molar-refractivity contribution in [1.82, 2.24) is 14.5 Å². The van der Waals surface area contributed by atoms with E-state index in [1.165, 1.54) is 57.8 Å². The lowest BCUT2D eigenvalue weighted by molar-refractivity contribution is -0.142. The van der Waals surface area contributed by atoms with E-state index in [1.54, 1.807) is 6.92 Å². The molecule has 2 aromatic rings. The first-order valence-electron chi connectivity index (χ1n) is 14.2. The van der Waals surface area contributed by atoms with E-state index in [0.717, 1.165) is 35.7 Å². The molecule has 1 aromatic carbocycles. The number of aromatic nitrogens is 2. The number of carboxylic acid groups (broad SMARTS) is 1. The maximum Gasteiger partial charge on any atom is 0.344 e. The summed E-state index contributed by atoms with van der Waals surface area (Å²) in [5, 5.41) is 12.7. The zero-order valence-corrected chi connectivity index (χ0v) is 21.7. The summed E-state index contributed by atoms with van der Waals surface area (Å²) in [4.78, 5) is 37.1. The van der Waals surface area contributed by atoms with Crippen molar-refractivity contribution in [3.63, 3.8) is 0 Å². The molecule has 2 saturated heterocycles. The summed E-state index contributed by atoms with van der Waals surface area (Å²) in [6.07, 6.45) is 14.2. The molecule has 3 heterocycles. The van der Waals surface area contributed by atoms with Crippen LogP contribution in [0.25, 0.3) is 11.0 Å². The van der Waals surface area contributed by atoms with Crippen LogP contribution in [0, 0.1) is 11.8 Å². The molecular formula is C29H38N4O4. The van der Waals surface area contributed by atoms with Crippen LogP contribution < -0.4 is 5.56 Å². The molecule has 0 spiro atoms. The maximum atomic E-state index is 13.8. The summed E-state index contributed by atoms with van der Waals surface area (Å²) in [6, 6.07) is 9.69. The lowest BCUT2D eigenvalue weighted by Crippen LogP contribution is -2.52. The van der Waals surface area contributed by atoms with Gasteiger partial charge in [-0.05, 0) is 75.8 Å². The van der Waals surface area contributed by atoms with E-state index >= 15 is 0 Å². The Morgan fingerprint density at radius 2 is 1.65 bits per heavy atom. The monoisotopic (exact) mass is 506 g/mol.